The summed E-state index contributed by atoms with van der Waals surface area (Å²) in [7, 11) is 0. The average molecular weight is 427 g/mol. The van der Waals surface area contributed by atoms with Crippen molar-refractivity contribution in [1.82, 2.24) is 9.55 Å². The van der Waals surface area contributed by atoms with Crippen LogP contribution in [0.25, 0.3) is 0 Å². The second-order valence-corrected chi connectivity index (χ2v) is 7.19. The van der Waals surface area contributed by atoms with Crippen LogP contribution in [-0.2, 0) is 23.4 Å². The summed E-state index contributed by atoms with van der Waals surface area (Å²) in [5, 5.41) is 11.8. The van der Waals surface area contributed by atoms with Crippen LogP contribution in [-0.4, -0.2) is 14.6 Å². The van der Waals surface area contributed by atoms with Gasteiger partial charge in [0.2, 0.25) is 0 Å². The van der Waals surface area contributed by atoms with Gasteiger partial charge in [-0.25, -0.2) is 4.98 Å². The lowest BCUT2D eigenvalue weighted by molar-refractivity contribution is -0.785. The van der Waals surface area contributed by atoms with Crippen LogP contribution >= 0.6 is 34.8 Å². The number of rotatable bonds is 7. The van der Waals surface area contributed by atoms with Crippen LogP contribution in [0.2, 0.25) is 15.1 Å². The quantitative estimate of drug-likeness (QED) is 0.385. The van der Waals surface area contributed by atoms with E-state index in [9.17, 15) is 10.1 Å². The first kappa shape index (κ1) is 19.5. The molecule has 1 aromatic heterocycles. The molecule has 2 aromatic carbocycles. The Balaban J connectivity index is 2.17. The zero-order chi connectivity index (χ0) is 19.4. The largest absolute Gasteiger partial charge is 0.335 e. The number of imidazole rings is 1. The van der Waals surface area contributed by atoms with E-state index in [1.165, 1.54) is 6.07 Å². The molecule has 1 heterocycles. The standard InChI is InChI=1S/C18H14Cl3N3O3/c19-14-5-6-15(17(21)9-14)18(27-24(25)26,11-23-8-7-22-12-23)10-13-3-1-2-4-16(13)20/h1-9,12H,10-11H2. The minimum absolute atomic E-state index is 0.0978. The molecule has 0 saturated heterocycles. The third kappa shape index (κ3) is 4.53. The third-order valence-corrected chi connectivity index (χ3v) is 5.02. The topological polar surface area (TPSA) is 70.2 Å². The molecule has 0 aliphatic rings. The highest BCUT2D eigenvalue weighted by Crippen LogP contribution is 2.39. The average Bonchev–Trinajstić information content (AvgIpc) is 3.09. The van der Waals surface area contributed by atoms with Crippen LogP contribution in [0, 0.1) is 10.1 Å². The second-order valence-electron chi connectivity index (χ2n) is 5.94. The highest BCUT2D eigenvalue weighted by Gasteiger charge is 2.40. The SMILES string of the molecule is O=[N+]([O-])OC(Cc1ccccc1Cl)(Cn1ccnc1)c1ccc(Cl)cc1Cl. The highest BCUT2D eigenvalue weighted by atomic mass is 35.5. The minimum Gasteiger partial charge on any atom is -0.335 e. The first-order valence-corrected chi connectivity index (χ1v) is 9.01. The maximum Gasteiger partial charge on any atom is 0.295 e. The second kappa shape index (κ2) is 8.17. The van der Waals surface area contributed by atoms with Gasteiger partial charge in [0, 0.05) is 39.4 Å². The van der Waals surface area contributed by atoms with E-state index < -0.39 is 10.7 Å². The van der Waals surface area contributed by atoms with E-state index in [4.69, 9.17) is 39.6 Å². The molecule has 27 heavy (non-hydrogen) atoms. The highest BCUT2D eigenvalue weighted by molar-refractivity contribution is 6.35. The van der Waals surface area contributed by atoms with Gasteiger partial charge in [-0.05, 0) is 23.8 Å². The fourth-order valence-corrected chi connectivity index (χ4v) is 3.76. The summed E-state index contributed by atoms with van der Waals surface area (Å²) in [4.78, 5) is 20.7. The van der Waals surface area contributed by atoms with Gasteiger partial charge in [-0.1, -0.05) is 59.1 Å². The molecule has 0 bridgehead atoms. The summed E-state index contributed by atoms with van der Waals surface area (Å²) in [5.74, 6) is 0. The summed E-state index contributed by atoms with van der Waals surface area (Å²) in [6.07, 6.45) is 4.94. The molecular weight excluding hydrogens is 413 g/mol. The van der Waals surface area contributed by atoms with Gasteiger partial charge in [-0.2, -0.15) is 0 Å². The lowest BCUT2D eigenvalue weighted by Crippen LogP contribution is -2.39. The fourth-order valence-electron chi connectivity index (χ4n) is 2.97. The van der Waals surface area contributed by atoms with E-state index in [0.717, 1.165) is 0 Å². The number of halogens is 3. The Labute approximate surface area is 170 Å². The molecule has 9 heteroatoms. The lowest BCUT2D eigenvalue weighted by atomic mass is 9.86. The van der Waals surface area contributed by atoms with Crippen molar-refractivity contribution in [3.8, 4) is 0 Å². The number of nitrogens with zero attached hydrogens (tertiary/aromatic N) is 3. The van der Waals surface area contributed by atoms with Crippen LogP contribution in [0.3, 0.4) is 0 Å². The monoisotopic (exact) mass is 425 g/mol. The summed E-state index contributed by atoms with van der Waals surface area (Å²) in [5.41, 5.74) is -0.317. The molecule has 0 aliphatic carbocycles. The fraction of sp³-hybridized carbons (Fsp3) is 0.167. The molecule has 1 atom stereocenters. The first-order chi connectivity index (χ1) is 12.9. The van der Waals surface area contributed by atoms with Crippen molar-refractivity contribution in [2.45, 2.75) is 18.6 Å². The molecular formula is C18H14Cl3N3O3. The van der Waals surface area contributed by atoms with Gasteiger partial charge in [0.1, 0.15) is 0 Å². The molecule has 6 nitrogen and oxygen atoms in total. The van der Waals surface area contributed by atoms with Crippen LogP contribution in [0.5, 0.6) is 0 Å². The predicted molar refractivity (Wildman–Crippen MR) is 104 cm³/mol. The molecule has 0 spiro atoms. The summed E-state index contributed by atoms with van der Waals surface area (Å²) >= 11 is 18.7. The van der Waals surface area contributed by atoms with E-state index >= 15 is 0 Å². The summed E-state index contributed by atoms with van der Waals surface area (Å²) in [6.45, 7) is 0.0978. The van der Waals surface area contributed by atoms with Crippen molar-refractivity contribution in [3.05, 3.63) is 97.5 Å². The minimum atomic E-state index is -1.43. The molecule has 3 rings (SSSR count). The molecule has 1 unspecified atom stereocenters. The van der Waals surface area contributed by atoms with Gasteiger partial charge in [0.05, 0.1) is 12.9 Å². The molecule has 0 fully saturated rings. The Hall–Kier alpha value is -2.28. The molecule has 0 saturated carbocycles. The van der Waals surface area contributed by atoms with Crippen molar-refractivity contribution in [3.63, 3.8) is 0 Å². The Morgan fingerprint density at radius 3 is 2.56 bits per heavy atom. The van der Waals surface area contributed by atoms with Gasteiger partial charge in [0.25, 0.3) is 5.09 Å². The van der Waals surface area contributed by atoms with E-state index in [-0.39, 0.29) is 18.0 Å². The van der Waals surface area contributed by atoms with E-state index in [0.29, 0.717) is 21.2 Å². The van der Waals surface area contributed by atoms with E-state index in [1.54, 1.807) is 59.7 Å². The van der Waals surface area contributed by atoms with Gasteiger partial charge >= 0.3 is 0 Å². The maximum absolute atomic E-state index is 11.4. The number of aromatic nitrogens is 2. The first-order valence-electron chi connectivity index (χ1n) is 7.88. The number of hydrogen-bond acceptors (Lipinski definition) is 4. The molecule has 140 valence electrons. The van der Waals surface area contributed by atoms with E-state index in [1.807, 2.05) is 0 Å². The van der Waals surface area contributed by atoms with Crippen molar-refractivity contribution in [2.75, 3.05) is 0 Å². The third-order valence-electron chi connectivity index (χ3n) is 4.10. The molecule has 0 N–H and O–H groups in total. The molecule has 0 amide bonds. The van der Waals surface area contributed by atoms with Gasteiger partial charge in [-0.15, -0.1) is 10.1 Å². The zero-order valence-electron chi connectivity index (χ0n) is 13.9. The van der Waals surface area contributed by atoms with Crippen molar-refractivity contribution in [2.24, 2.45) is 0 Å². The smallest absolute Gasteiger partial charge is 0.295 e. The van der Waals surface area contributed by atoms with Gasteiger partial charge in [0.15, 0.2) is 5.60 Å². The van der Waals surface area contributed by atoms with Gasteiger partial charge < -0.3 is 9.40 Å². The van der Waals surface area contributed by atoms with Crippen molar-refractivity contribution in [1.29, 1.82) is 0 Å². The Bertz CT molecular complexity index is 950. The Morgan fingerprint density at radius 1 is 1.15 bits per heavy atom. The Kier molecular flexibility index (Phi) is 5.89. The van der Waals surface area contributed by atoms with Crippen LogP contribution < -0.4 is 0 Å². The van der Waals surface area contributed by atoms with Crippen LogP contribution in [0.15, 0.2) is 61.2 Å². The summed E-state index contributed by atoms with van der Waals surface area (Å²) in [6, 6.07) is 11.9. The zero-order valence-corrected chi connectivity index (χ0v) is 16.2. The van der Waals surface area contributed by atoms with Crippen molar-refractivity contribution >= 4 is 34.8 Å². The number of hydrogen-bond donors (Lipinski definition) is 0. The molecule has 0 aliphatic heterocycles. The predicted octanol–water partition coefficient (Wildman–Crippen LogP) is 5.19. The molecule has 3 aromatic rings. The van der Waals surface area contributed by atoms with Crippen LogP contribution in [0.4, 0.5) is 0 Å². The molecule has 0 radical (unpaired) electrons. The van der Waals surface area contributed by atoms with Crippen LogP contribution in [0.1, 0.15) is 11.1 Å². The van der Waals surface area contributed by atoms with E-state index in [2.05, 4.69) is 4.98 Å². The Morgan fingerprint density at radius 2 is 1.93 bits per heavy atom. The lowest BCUT2D eigenvalue weighted by Gasteiger charge is -2.33. The normalized spacial score (nSPS) is 13.1. The summed E-state index contributed by atoms with van der Waals surface area (Å²) < 4.78 is 1.69. The number of benzene rings is 2. The van der Waals surface area contributed by atoms with Crippen molar-refractivity contribution < 1.29 is 9.92 Å². The van der Waals surface area contributed by atoms with Gasteiger partial charge in [-0.3, -0.25) is 0 Å². The maximum atomic E-state index is 11.4.